The van der Waals surface area contributed by atoms with Crippen LogP contribution in [-0.4, -0.2) is 36.9 Å². The van der Waals surface area contributed by atoms with E-state index in [1.165, 1.54) is 7.11 Å². The summed E-state index contributed by atoms with van der Waals surface area (Å²) in [4.78, 5) is 21.1. The third-order valence-electron chi connectivity index (χ3n) is 1.26. The number of nitrogens with two attached hydrogens (primary N) is 1. The molecular formula is C6H12N2O4. The summed E-state index contributed by atoms with van der Waals surface area (Å²) in [7, 11) is 1.20. The molecule has 0 amide bonds. The maximum absolute atomic E-state index is 10.6. The van der Waals surface area contributed by atoms with Crippen molar-refractivity contribution >= 4 is 11.9 Å². The number of carboxylic acids is 1. The summed E-state index contributed by atoms with van der Waals surface area (Å²) in [5.41, 5.74) is 5.06. The summed E-state index contributed by atoms with van der Waals surface area (Å²) in [6.07, 6.45) is -0.219. The van der Waals surface area contributed by atoms with Crippen LogP contribution in [0.4, 0.5) is 0 Å². The van der Waals surface area contributed by atoms with E-state index in [2.05, 4.69) is 10.1 Å². The van der Waals surface area contributed by atoms with Crippen LogP contribution in [0.15, 0.2) is 0 Å². The number of carbonyl (C=O) groups is 2. The Bertz CT molecular complexity index is 169. The summed E-state index contributed by atoms with van der Waals surface area (Å²) >= 11 is 0. The Morgan fingerprint density at radius 1 is 1.67 bits per heavy atom. The normalized spacial score (nSPS) is 12.2. The van der Waals surface area contributed by atoms with Gasteiger partial charge in [0.15, 0.2) is 0 Å². The van der Waals surface area contributed by atoms with Gasteiger partial charge in [-0.1, -0.05) is 0 Å². The third-order valence-corrected chi connectivity index (χ3v) is 1.26. The summed E-state index contributed by atoms with van der Waals surface area (Å²) < 4.78 is 4.29. The van der Waals surface area contributed by atoms with Crippen molar-refractivity contribution in [3.8, 4) is 0 Å². The second-order valence-electron chi connectivity index (χ2n) is 2.08. The van der Waals surface area contributed by atoms with E-state index in [0.717, 1.165) is 0 Å². The highest BCUT2D eigenvalue weighted by Gasteiger charge is 2.19. The van der Waals surface area contributed by atoms with Crippen LogP contribution in [0.2, 0.25) is 0 Å². The van der Waals surface area contributed by atoms with E-state index in [0.29, 0.717) is 0 Å². The molecule has 0 heterocycles. The van der Waals surface area contributed by atoms with E-state index < -0.39 is 18.0 Å². The number of rotatable bonds is 5. The topological polar surface area (TPSA) is 102 Å². The van der Waals surface area contributed by atoms with Gasteiger partial charge in [0.05, 0.1) is 13.5 Å². The Hall–Kier alpha value is -1.14. The SMILES string of the molecule is COC(=O)C[C@H](NCN)C(=O)O. The lowest BCUT2D eigenvalue weighted by Crippen LogP contribution is -2.41. The zero-order valence-electron chi connectivity index (χ0n) is 6.74. The molecule has 0 aliphatic carbocycles. The average Bonchev–Trinajstić information content (AvgIpc) is 2.03. The van der Waals surface area contributed by atoms with Crippen LogP contribution in [0.3, 0.4) is 0 Å². The first kappa shape index (κ1) is 10.9. The Labute approximate surface area is 69.7 Å². The van der Waals surface area contributed by atoms with Gasteiger partial charge in [0, 0.05) is 6.67 Å². The molecule has 0 saturated carbocycles. The van der Waals surface area contributed by atoms with Crippen LogP contribution >= 0.6 is 0 Å². The van der Waals surface area contributed by atoms with Crippen LogP contribution in [0.25, 0.3) is 0 Å². The first-order valence-corrected chi connectivity index (χ1v) is 3.35. The van der Waals surface area contributed by atoms with Crippen molar-refractivity contribution in [2.75, 3.05) is 13.8 Å². The molecule has 12 heavy (non-hydrogen) atoms. The molecule has 6 nitrogen and oxygen atoms in total. The molecule has 0 aliphatic heterocycles. The Kier molecular flexibility index (Phi) is 4.98. The molecule has 0 spiro atoms. The molecule has 0 aliphatic rings. The lowest BCUT2D eigenvalue weighted by Gasteiger charge is -2.10. The van der Waals surface area contributed by atoms with Gasteiger partial charge < -0.3 is 15.6 Å². The van der Waals surface area contributed by atoms with Gasteiger partial charge in [-0.15, -0.1) is 0 Å². The van der Waals surface area contributed by atoms with Crippen LogP contribution in [-0.2, 0) is 14.3 Å². The minimum Gasteiger partial charge on any atom is -0.480 e. The van der Waals surface area contributed by atoms with E-state index in [-0.39, 0.29) is 13.1 Å². The molecule has 0 radical (unpaired) electrons. The van der Waals surface area contributed by atoms with E-state index >= 15 is 0 Å². The molecule has 0 aromatic carbocycles. The zero-order chi connectivity index (χ0) is 9.56. The quantitative estimate of drug-likeness (QED) is 0.348. The zero-order valence-corrected chi connectivity index (χ0v) is 6.74. The minimum atomic E-state index is -1.12. The van der Waals surface area contributed by atoms with Crippen LogP contribution in [0, 0.1) is 0 Å². The second kappa shape index (κ2) is 5.50. The molecule has 0 rings (SSSR count). The Morgan fingerprint density at radius 3 is 2.58 bits per heavy atom. The first-order valence-electron chi connectivity index (χ1n) is 3.35. The van der Waals surface area contributed by atoms with E-state index in [1.807, 2.05) is 0 Å². The average molecular weight is 176 g/mol. The molecule has 4 N–H and O–H groups in total. The van der Waals surface area contributed by atoms with Crippen LogP contribution in [0.1, 0.15) is 6.42 Å². The van der Waals surface area contributed by atoms with Gasteiger partial charge >= 0.3 is 11.9 Å². The number of hydrogen-bond donors (Lipinski definition) is 3. The van der Waals surface area contributed by atoms with Crippen molar-refractivity contribution in [2.45, 2.75) is 12.5 Å². The summed E-state index contributed by atoms with van der Waals surface area (Å²) in [5.74, 6) is -1.70. The van der Waals surface area contributed by atoms with E-state index in [1.54, 1.807) is 0 Å². The number of carboxylic acid groups (broad SMARTS) is 1. The largest absolute Gasteiger partial charge is 0.480 e. The van der Waals surface area contributed by atoms with Crippen molar-refractivity contribution < 1.29 is 19.4 Å². The van der Waals surface area contributed by atoms with Crippen molar-refractivity contribution in [1.29, 1.82) is 0 Å². The lowest BCUT2D eigenvalue weighted by atomic mass is 10.2. The molecule has 0 fully saturated rings. The molecule has 0 aromatic rings. The van der Waals surface area contributed by atoms with Gasteiger partial charge in [-0.25, -0.2) is 0 Å². The predicted molar refractivity (Wildman–Crippen MR) is 40.2 cm³/mol. The lowest BCUT2D eigenvalue weighted by molar-refractivity contribution is -0.147. The predicted octanol–water partition coefficient (Wildman–Crippen LogP) is -1.49. The van der Waals surface area contributed by atoms with E-state index in [9.17, 15) is 9.59 Å². The van der Waals surface area contributed by atoms with Crippen LogP contribution < -0.4 is 11.1 Å². The Morgan fingerprint density at radius 2 is 2.25 bits per heavy atom. The molecule has 6 heteroatoms. The monoisotopic (exact) mass is 176 g/mol. The van der Waals surface area contributed by atoms with Crippen LogP contribution in [0.5, 0.6) is 0 Å². The number of methoxy groups -OCH3 is 1. The van der Waals surface area contributed by atoms with Gasteiger partial charge in [0.25, 0.3) is 0 Å². The standard InChI is InChI=1S/C6H12N2O4/c1-12-5(9)2-4(6(10)11)8-3-7/h4,8H,2-3,7H2,1H3,(H,10,11)/t4-/m0/s1. The number of carbonyl (C=O) groups excluding carboxylic acids is 1. The molecule has 0 bridgehead atoms. The molecule has 0 aromatic heterocycles. The fourth-order valence-corrected chi connectivity index (χ4v) is 0.639. The number of ether oxygens (including phenoxy) is 1. The van der Waals surface area contributed by atoms with Gasteiger partial charge in [-0.2, -0.15) is 0 Å². The summed E-state index contributed by atoms with van der Waals surface area (Å²) in [5, 5.41) is 10.9. The van der Waals surface area contributed by atoms with Crippen molar-refractivity contribution in [1.82, 2.24) is 5.32 Å². The number of aliphatic carboxylic acids is 1. The number of nitrogens with one attached hydrogen (secondary N) is 1. The van der Waals surface area contributed by atoms with E-state index in [4.69, 9.17) is 10.8 Å². The Balaban J connectivity index is 3.95. The summed E-state index contributed by atoms with van der Waals surface area (Å²) in [6, 6.07) is -0.970. The van der Waals surface area contributed by atoms with Crippen molar-refractivity contribution in [3.05, 3.63) is 0 Å². The van der Waals surface area contributed by atoms with Crippen molar-refractivity contribution in [3.63, 3.8) is 0 Å². The highest BCUT2D eigenvalue weighted by molar-refractivity contribution is 5.81. The highest BCUT2D eigenvalue weighted by Crippen LogP contribution is 1.93. The highest BCUT2D eigenvalue weighted by atomic mass is 16.5. The number of hydrogen-bond acceptors (Lipinski definition) is 5. The fourth-order valence-electron chi connectivity index (χ4n) is 0.639. The van der Waals surface area contributed by atoms with Gasteiger partial charge in [-0.05, 0) is 0 Å². The first-order chi connectivity index (χ1) is 5.61. The maximum atomic E-state index is 10.6. The van der Waals surface area contributed by atoms with Gasteiger partial charge in [-0.3, -0.25) is 14.9 Å². The molecule has 0 saturated heterocycles. The number of esters is 1. The van der Waals surface area contributed by atoms with Gasteiger partial charge in [0.1, 0.15) is 6.04 Å². The third kappa shape index (κ3) is 3.89. The minimum absolute atomic E-state index is 0.00790. The molecule has 0 unspecified atom stereocenters. The second-order valence-corrected chi connectivity index (χ2v) is 2.08. The molecular weight excluding hydrogens is 164 g/mol. The van der Waals surface area contributed by atoms with Crippen molar-refractivity contribution in [2.24, 2.45) is 5.73 Å². The fraction of sp³-hybridized carbons (Fsp3) is 0.667. The maximum Gasteiger partial charge on any atom is 0.321 e. The van der Waals surface area contributed by atoms with Gasteiger partial charge in [0.2, 0.25) is 0 Å². The summed E-state index contributed by atoms with van der Waals surface area (Å²) in [6.45, 7) is 0.00790. The molecule has 70 valence electrons. The smallest absolute Gasteiger partial charge is 0.321 e. The molecule has 1 atom stereocenters.